The van der Waals surface area contributed by atoms with Gasteiger partial charge in [-0.25, -0.2) is 17.2 Å². The number of hydrogen-bond donors (Lipinski definition) is 1. The monoisotopic (exact) mass is 337 g/mol. The summed E-state index contributed by atoms with van der Waals surface area (Å²) in [5.41, 5.74) is 0.00788. The second-order valence-corrected chi connectivity index (χ2v) is 6.30. The zero-order valence-electron chi connectivity index (χ0n) is 9.70. The molecule has 0 saturated heterocycles. The third-order valence-electron chi connectivity index (χ3n) is 2.38. The summed E-state index contributed by atoms with van der Waals surface area (Å²) < 4.78 is 52.2. The molecular weight excluding hydrogens is 331 g/mol. The summed E-state index contributed by atoms with van der Waals surface area (Å²) in [6.45, 7) is 0. The zero-order valence-corrected chi connectivity index (χ0v) is 12.0. The molecule has 0 heterocycles. The Kier molecular flexibility index (Phi) is 4.17. The summed E-state index contributed by atoms with van der Waals surface area (Å²) >= 11 is 11.3. The van der Waals surface area contributed by atoms with Crippen molar-refractivity contribution >= 4 is 38.9 Å². The van der Waals surface area contributed by atoms with Gasteiger partial charge in [0.1, 0.15) is 11.6 Å². The summed E-state index contributed by atoms with van der Waals surface area (Å²) in [7, 11) is -4.00. The van der Waals surface area contributed by atoms with Crippen LogP contribution in [0, 0.1) is 11.6 Å². The maximum atomic E-state index is 13.0. The Morgan fingerprint density at radius 2 is 1.65 bits per heavy atom. The summed E-state index contributed by atoms with van der Waals surface area (Å²) in [4.78, 5) is -0.232. The van der Waals surface area contributed by atoms with E-state index in [2.05, 4.69) is 4.72 Å². The molecule has 3 nitrogen and oxygen atoms in total. The van der Waals surface area contributed by atoms with Gasteiger partial charge in [-0.3, -0.25) is 4.72 Å². The zero-order chi connectivity index (χ0) is 14.9. The number of benzene rings is 2. The Labute approximate surface area is 124 Å². The fourth-order valence-electron chi connectivity index (χ4n) is 1.42. The van der Waals surface area contributed by atoms with E-state index in [0.29, 0.717) is 0 Å². The van der Waals surface area contributed by atoms with Gasteiger partial charge in [-0.1, -0.05) is 23.2 Å². The standard InChI is InChI=1S/C12H7Cl2F2NO2S/c13-9-6-8(2-3-11(9)16)20(18,19)17-12-4-1-7(15)5-10(12)14/h1-6,17H. The Hall–Kier alpha value is -1.37. The molecule has 0 bridgehead atoms. The molecule has 0 amide bonds. The van der Waals surface area contributed by atoms with E-state index in [4.69, 9.17) is 23.2 Å². The largest absolute Gasteiger partial charge is 0.278 e. The molecule has 1 N–H and O–H groups in total. The topological polar surface area (TPSA) is 46.2 Å². The van der Waals surface area contributed by atoms with Crippen molar-refractivity contribution in [3.05, 3.63) is 58.1 Å². The Balaban J connectivity index is 2.38. The van der Waals surface area contributed by atoms with Crippen LogP contribution in [0.5, 0.6) is 0 Å². The van der Waals surface area contributed by atoms with Crippen LogP contribution in [0.3, 0.4) is 0 Å². The van der Waals surface area contributed by atoms with Gasteiger partial charge < -0.3 is 0 Å². The first-order valence-corrected chi connectivity index (χ1v) is 7.46. The molecule has 0 aliphatic carbocycles. The van der Waals surface area contributed by atoms with Gasteiger partial charge in [-0.2, -0.15) is 0 Å². The van der Waals surface area contributed by atoms with Crippen molar-refractivity contribution in [1.29, 1.82) is 0 Å². The maximum absolute atomic E-state index is 13.0. The number of hydrogen-bond acceptors (Lipinski definition) is 2. The molecule has 0 aliphatic rings. The van der Waals surface area contributed by atoms with Gasteiger partial charge in [0.05, 0.1) is 20.6 Å². The summed E-state index contributed by atoms with van der Waals surface area (Å²) in [5, 5.41) is -0.417. The molecule has 0 spiro atoms. The highest BCUT2D eigenvalue weighted by Crippen LogP contribution is 2.26. The number of halogens is 4. The molecule has 0 atom stereocenters. The van der Waals surface area contributed by atoms with Crippen LogP contribution in [0.4, 0.5) is 14.5 Å². The van der Waals surface area contributed by atoms with Crippen LogP contribution in [0.2, 0.25) is 10.0 Å². The van der Waals surface area contributed by atoms with Crippen molar-refractivity contribution in [2.45, 2.75) is 4.90 Å². The van der Waals surface area contributed by atoms with Crippen LogP contribution in [0.15, 0.2) is 41.3 Å². The molecule has 0 fully saturated rings. The molecule has 0 aromatic heterocycles. The van der Waals surface area contributed by atoms with E-state index < -0.39 is 21.7 Å². The molecule has 2 aromatic rings. The highest BCUT2D eigenvalue weighted by Gasteiger charge is 2.17. The number of sulfonamides is 1. The van der Waals surface area contributed by atoms with Gasteiger partial charge in [-0.05, 0) is 36.4 Å². The Bertz CT molecular complexity index is 766. The van der Waals surface area contributed by atoms with E-state index in [1.807, 2.05) is 0 Å². The van der Waals surface area contributed by atoms with Crippen molar-refractivity contribution in [2.75, 3.05) is 4.72 Å². The minimum atomic E-state index is -4.00. The van der Waals surface area contributed by atoms with Crippen LogP contribution in [0.25, 0.3) is 0 Å². The van der Waals surface area contributed by atoms with Crippen molar-refractivity contribution < 1.29 is 17.2 Å². The first-order chi connectivity index (χ1) is 9.29. The second-order valence-electron chi connectivity index (χ2n) is 3.81. The van der Waals surface area contributed by atoms with Gasteiger partial charge in [-0.15, -0.1) is 0 Å². The Morgan fingerprint density at radius 3 is 2.25 bits per heavy atom. The van der Waals surface area contributed by atoms with Gasteiger partial charge in [0.15, 0.2) is 0 Å². The predicted molar refractivity (Wildman–Crippen MR) is 73.6 cm³/mol. The number of rotatable bonds is 3. The summed E-state index contributed by atoms with van der Waals surface area (Å²) in [6, 6.07) is 6.17. The fraction of sp³-hybridized carbons (Fsp3) is 0. The average Bonchev–Trinajstić information content (AvgIpc) is 2.36. The van der Waals surface area contributed by atoms with Crippen LogP contribution in [-0.4, -0.2) is 8.42 Å². The normalized spacial score (nSPS) is 11.4. The molecule has 106 valence electrons. The average molecular weight is 338 g/mol. The van der Waals surface area contributed by atoms with E-state index in [1.165, 1.54) is 6.07 Å². The van der Waals surface area contributed by atoms with Crippen molar-refractivity contribution in [3.63, 3.8) is 0 Å². The van der Waals surface area contributed by atoms with Crippen molar-refractivity contribution in [1.82, 2.24) is 0 Å². The first kappa shape index (κ1) is 15.0. The quantitative estimate of drug-likeness (QED) is 0.917. The second kappa shape index (κ2) is 5.55. The molecular formula is C12H7Cl2F2NO2S. The van der Waals surface area contributed by atoms with Gasteiger partial charge >= 0.3 is 0 Å². The molecule has 20 heavy (non-hydrogen) atoms. The van der Waals surface area contributed by atoms with Gasteiger partial charge in [0, 0.05) is 0 Å². The molecule has 0 aliphatic heterocycles. The minimum Gasteiger partial charge on any atom is -0.278 e. The van der Waals surface area contributed by atoms with E-state index in [9.17, 15) is 17.2 Å². The molecule has 8 heteroatoms. The van der Waals surface area contributed by atoms with Crippen LogP contribution in [-0.2, 0) is 10.0 Å². The summed E-state index contributed by atoms with van der Waals surface area (Å²) in [5.74, 6) is -1.33. The molecule has 0 unspecified atom stereocenters. The van der Waals surface area contributed by atoms with Crippen LogP contribution < -0.4 is 4.72 Å². The number of anilines is 1. The lowest BCUT2D eigenvalue weighted by atomic mass is 10.3. The van der Waals surface area contributed by atoms with E-state index >= 15 is 0 Å². The third-order valence-corrected chi connectivity index (χ3v) is 4.34. The summed E-state index contributed by atoms with van der Waals surface area (Å²) in [6.07, 6.45) is 0. The van der Waals surface area contributed by atoms with E-state index in [0.717, 1.165) is 30.3 Å². The lowest BCUT2D eigenvalue weighted by Gasteiger charge is -2.10. The van der Waals surface area contributed by atoms with Gasteiger partial charge in [0.25, 0.3) is 10.0 Å². The first-order valence-electron chi connectivity index (χ1n) is 5.22. The highest BCUT2D eigenvalue weighted by molar-refractivity contribution is 7.92. The predicted octanol–water partition coefficient (Wildman–Crippen LogP) is 4.07. The molecule has 0 saturated carbocycles. The molecule has 0 radical (unpaired) electrons. The van der Waals surface area contributed by atoms with Gasteiger partial charge in [0.2, 0.25) is 0 Å². The minimum absolute atomic E-state index is 0.00788. The molecule has 2 rings (SSSR count). The third kappa shape index (κ3) is 3.20. The molecule has 2 aromatic carbocycles. The lowest BCUT2D eigenvalue weighted by Crippen LogP contribution is -2.13. The smallest absolute Gasteiger partial charge is 0.261 e. The maximum Gasteiger partial charge on any atom is 0.261 e. The number of nitrogens with one attached hydrogen (secondary N) is 1. The highest BCUT2D eigenvalue weighted by atomic mass is 35.5. The lowest BCUT2D eigenvalue weighted by molar-refractivity contribution is 0.599. The SMILES string of the molecule is O=S(=O)(Nc1ccc(F)cc1Cl)c1ccc(F)c(Cl)c1. The van der Waals surface area contributed by atoms with Crippen molar-refractivity contribution in [2.24, 2.45) is 0 Å². The van der Waals surface area contributed by atoms with E-state index in [1.54, 1.807) is 0 Å². The van der Waals surface area contributed by atoms with Crippen LogP contribution >= 0.6 is 23.2 Å². The van der Waals surface area contributed by atoms with Crippen molar-refractivity contribution in [3.8, 4) is 0 Å². The van der Waals surface area contributed by atoms with Crippen LogP contribution in [0.1, 0.15) is 0 Å². The Morgan fingerprint density at radius 1 is 0.950 bits per heavy atom. The van der Waals surface area contributed by atoms with E-state index in [-0.39, 0.29) is 20.6 Å². The fourth-order valence-corrected chi connectivity index (χ4v) is 3.04.